The number of rotatable bonds is 3. The molecule has 0 saturated carbocycles. The predicted octanol–water partition coefficient (Wildman–Crippen LogP) is 2.81. The number of nitrogens with two attached hydrogens (primary N) is 1. The SMILES string of the molecule is CC(C)[C@H](N)c1nc(-c2cc(F)c(F)c(F)c2)no1. The molecule has 0 aliphatic rings. The van der Waals surface area contributed by atoms with Gasteiger partial charge in [-0.05, 0) is 18.1 Å². The van der Waals surface area contributed by atoms with Gasteiger partial charge in [-0.15, -0.1) is 0 Å². The molecule has 2 aromatic rings. The normalized spacial score (nSPS) is 13.0. The Kier molecular flexibility index (Phi) is 3.57. The standard InChI is InChI=1S/C12H12F3N3O/c1-5(2)10(16)12-17-11(18-19-12)6-3-7(13)9(15)8(14)4-6/h3-5,10H,16H2,1-2H3/t10-/m0/s1. The van der Waals surface area contributed by atoms with Crippen LogP contribution >= 0.6 is 0 Å². The molecule has 2 rings (SSSR count). The molecule has 1 aromatic carbocycles. The van der Waals surface area contributed by atoms with E-state index >= 15 is 0 Å². The third kappa shape index (κ3) is 2.60. The fourth-order valence-electron chi connectivity index (χ4n) is 1.46. The summed E-state index contributed by atoms with van der Waals surface area (Å²) < 4.78 is 43.9. The van der Waals surface area contributed by atoms with Gasteiger partial charge in [0, 0.05) is 5.56 Å². The summed E-state index contributed by atoms with van der Waals surface area (Å²) in [5.74, 6) is -3.97. The van der Waals surface area contributed by atoms with Crippen molar-refractivity contribution >= 4 is 0 Å². The zero-order valence-electron chi connectivity index (χ0n) is 10.3. The van der Waals surface area contributed by atoms with Crippen molar-refractivity contribution in [2.24, 2.45) is 11.7 Å². The average Bonchev–Trinajstić information content (AvgIpc) is 2.83. The van der Waals surface area contributed by atoms with Crippen molar-refractivity contribution in [3.63, 3.8) is 0 Å². The van der Waals surface area contributed by atoms with Crippen LogP contribution in [0.25, 0.3) is 11.4 Å². The van der Waals surface area contributed by atoms with Gasteiger partial charge in [0.25, 0.3) is 0 Å². The Balaban J connectivity index is 2.38. The maximum absolute atomic E-state index is 13.1. The number of hydrogen-bond acceptors (Lipinski definition) is 4. The highest BCUT2D eigenvalue weighted by atomic mass is 19.2. The lowest BCUT2D eigenvalue weighted by molar-refractivity contribution is 0.325. The van der Waals surface area contributed by atoms with Crippen LogP contribution < -0.4 is 5.73 Å². The van der Waals surface area contributed by atoms with Gasteiger partial charge in [0.15, 0.2) is 17.5 Å². The van der Waals surface area contributed by atoms with E-state index in [-0.39, 0.29) is 23.2 Å². The highest BCUT2D eigenvalue weighted by Crippen LogP contribution is 2.24. The maximum atomic E-state index is 13.1. The van der Waals surface area contributed by atoms with Crippen molar-refractivity contribution < 1.29 is 17.7 Å². The molecule has 0 radical (unpaired) electrons. The number of nitrogens with zero attached hydrogens (tertiary/aromatic N) is 2. The molecule has 0 spiro atoms. The molecule has 0 fully saturated rings. The Bertz CT molecular complexity index is 575. The minimum Gasteiger partial charge on any atom is -0.337 e. The lowest BCUT2D eigenvalue weighted by atomic mass is 10.1. The molecule has 1 heterocycles. The Morgan fingerprint density at radius 1 is 1.16 bits per heavy atom. The first-order chi connectivity index (χ1) is 8.90. The zero-order chi connectivity index (χ0) is 14.2. The Morgan fingerprint density at radius 3 is 2.26 bits per heavy atom. The molecule has 0 unspecified atom stereocenters. The number of aromatic nitrogens is 2. The van der Waals surface area contributed by atoms with Gasteiger partial charge in [0.1, 0.15) is 0 Å². The van der Waals surface area contributed by atoms with Crippen LogP contribution in [0.1, 0.15) is 25.8 Å². The van der Waals surface area contributed by atoms with E-state index in [1.165, 1.54) is 0 Å². The minimum atomic E-state index is -1.54. The van der Waals surface area contributed by atoms with E-state index in [9.17, 15) is 13.2 Å². The van der Waals surface area contributed by atoms with Crippen LogP contribution in [0.2, 0.25) is 0 Å². The Hall–Kier alpha value is -1.89. The second-order valence-electron chi connectivity index (χ2n) is 4.48. The van der Waals surface area contributed by atoms with Crippen molar-refractivity contribution in [1.29, 1.82) is 0 Å². The van der Waals surface area contributed by atoms with E-state index in [1.807, 2.05) is 13.8 Å². The molecule has 1 aromatic heterocycles. The van der Waals surface area contributed by atoms with Gasteiger partial charge < -0.3 is 10.3 Å². The molecule has 7 heteroatoms. The van der Waals surface area contributed by atoms with E-state index < -0.39 is 23.5 Å². The third-order valence-corrected chi connectivity index (χ3v) is 2.69. The zero-order valence-corrected chi connectivity index (χ0v) is 10.3. The summed E-state index contributed by atoms with van der Waals surface area (Å²) in [6.07, 6.45) is 0. The van der Waals surface area contributed by atoms with Crippen LogP contribution in [0.5, 0.6) is 0 Å². The van der Waals surface area contributed by atoms with Crippen LogP contribution in [-0.2, 0) is 0 Å². The van der Waals surface area contributed by atoms with Gasteiger partial charge in [-0.3, -0.25) is 0 Å². The summed E-state index contributed by atoms with van der Waals surface area (Å²) in [4.78, 5) is 3.95. The monoisotopic (exact) mass is 271 g/mol. The van der Waals surface area contributed by atoms with Crippen molar-refractivity contribution in [2.75, 3.05) is 0 Å². The van der Waals surface area contributed by atoms with E-state index in [1.54, 1.807) is 0 Å². The van der Waals surface area contributed by atoms with Gasteiger partial charge in [0.05, 0.1) is 6.04 Å². The Labute approximate surface area is 107 Å². The summed E-state index contributed by atoms with van der Waals surface area (Å²) in [5, 5.41) is 3.58. The number of benzene rings is 1. The van der Waals surface area contributed by atoms with Crippen LogP contribution in [0.4, 0.5) is 13.2 Å². The van der Waals surface area contributed by atoms with Crippen molar-refractivity contribution in [3.05, 3.63) is 35.5 Å². The second kappa shape index (κ2) is 5.00. The van der Waals surface area contributed by atoms with Gasteiger partial charge >= 0.3 is 0 Å². The number of hydrogen-bond donors (Lipinski definition) is 1. The minimum absolute atomic E-state index is 0.0117. The van der Waals surface area contributed by atoms with Crippen LogP contribution in [0.3, 0.4) is 0 Å². The van der Waals surface area contributed by atoms with E-state index in [4.69, 9.17) is 10.3 Å². The van der Waals surface area contributed by atoms with Gasteiger partial charge in [-0.25, -0.2) is 13.2 Å². The topological polar surface area (TPSA) is 64.9 Å². The lowest BCUT2D eigenvalue weighted by Crippen LogP contribution is -2.16. The van der Waals surface area contributed by atoms with Crippen LogP contribution in [0.15, 0.2) is 16.7 Å². The van der Waals surface area contributed by atoms with E-state index in [2.05, 4.69) is 10.1 Å². The molecule has 4 nitrogen and oxygen atoms in total. The molecule has 19 heavy (non-hydrogen) atoms. The molecule has 102 valence electrons. The van der Waals surface area contributed by atoms with Gasteiger partial charge in [-0.1, -0.05) is 19.0 Å². The molecule has 2 N–H and O–H groups in total. The van der Waals surface area contributed by atoms with Crippen LogP contribution in [0, 0.1) is 23.4 Å². The Morgan fingerprint density at radius 2 is 1.74 bits per heavy atom. The molecule has 0 aliphatic carbocycles. The summed E-state index contributed by atoms with van der Waals surface area (Å²) in [6, 6.07) is 1.12. The average molecular weight is 271 g/mol. The van der Waals surface area contributed by atoms with E-state index in [0.717, 1.165) is 12.1 Å². The van der Waals surface area contributed by atoms with Crippen LogP contribution in [-0.4, -0.2) is 10.1 Å². The summed E-state index contributed by atoms with van der Waals surface area (Å²) in [7, 11) is 0. The molecular weight excluding hydrogens is 259 g/mol. The molecule has 0 aliphatic heterocycles. The highest BCUT2D eigenvalue weighted by Gasteiger charge is 2.20. The lowest BCUT2D eigenvalue weighted by Gasteiger charge is -2.09. The largest absolute Gasteiger partial charge is 0.337 e. The molecule has 0 amide bonds. The predicted molar refractivity (Wildman–Crippen MR) is 61.4 cm³/mol. The number of halogens is 3. The molecule has 0 bridgehead atoms. The second-order valence-corrected chi connectivity index (χ2v) is 4.48. The molecule has 0 saturated heterocycles. The summed E-state index contributed by atoms with van der Waals surface area (Å²) in [5.41, 5.74) is 5.80. The quantitative estimate of drug-likeness (QED) is 0.872. The first-order valence-electron chi connectivity index (χ1n) is 5.64. The molecule has 1 atom stereocenters. The highest BCUT2D eigenvalue weighted by molar-refractivity contribution is 5.54. The first kappa shape index (κ1) is 13.5. The smallest absolute Gasteiger partial charge is 0.244 e. The first-order valence-corrected chi connectivity index (χ1v) is 5.64. The van der Waals surface area contributed by atoms with E-state index in [0.29, 0.717) is 0 Å². The summed E-state index contributed by atoms with van der Waals surface area (Å²) >= 11 is 0. The fraction of sp³-hybridized carbons (Fsp3) is 0.333. The molecular formula is C12H12F3N3O. The fourth-order valence-corrected chi connectivity index (χ4v) is 1.46. The third-order valence-electron chi connectivity index (χ3n) is 2.69. The van der Waals surface area contributed by atoms with Gasteiger partial charge in [0.2, 0.25) is 11.7 Å². The van der Waals surface area contributed by atoms with Gasteiger partial charge in [-0.2, -0.15) is 4.98 Å². The summed E-state index contributed by atoms with van der Waals surface area (Å²) in [6.45, 7) is 3.73. The van der Waals surface area contributed by atoms with Crippen molar-refractivity contribution in [3.8, 4) is 11.4 Å². The van der Waals surface area contributed by atoms with Crippen molar-refractivity contribution in [1.82, 2.24) is 10.1 Å². The van der Waals surface area contributed by atoms with Crippen molar-refractivity contribution in [2.45, 2.75) is 19.9 Å². The maximum Gasteiger partial charge on any atom is 0.244 e.